The van der Waals surface area contributed by atoms with Gasteiger partial charge in [-0.25, -0.2) is 0 Å². The van der Waals surface area contributed by atoms with Crippen LogP contribution in [-0.4, -0.2) is 81.0 Å². The molecule has 14 heteroatoms. The van der Waals surface area contributed by atoms with E-state index in [2.05, 4.69) is 10.6 Å². The van der Waals surface area contributed by atoms with Crippen molar-refractivity contribution in [2.24, 2.45) is 5.92 Å². The molecule has 0 saturated carbocycles. The van der Waals surface area contributed by atoms with Gasteiger partial charge in [0.2, 0.25) is 5.91 Å². The summed E-state index contributed by atoms with van der Waals surface area (Å²) in [6.45, 7) is 3.32. The van der Waals surface area contributed by atoms with E-state index < -0.39 is 67.7 Å². The predicted octanol–water partition coefficient (Wildman–Crippen LogP) is 1.64. The smallest absolute Gasteiger partial charge is 0.508 e. The van der Waals surface area contributed by atoms with Crippen LogP contribution < -0.4 is 10.6 Å². The van der Waals surface area contributed by atoms with Crippen molar-refractivity contribution >= 4 is 60.0 Å². The monoisotopic (exact) mass is 557 g/mol. The quantitative estimate of drug-likeness (QED) is 0.327. The summed E-state index contributed by atoms with van der Waals surface area (Å²) in [4.78, 5) is 64.1. The van der Waals surface area contributed by atoms with Crippen LogP contribution in [-0.2, 0) is 33.2 Å². The molecule has 2 N–H and O–H groups in total. The average Bonchev–Trinajstić information content (AvgIpc) is 2.82. The summed E-state index contributed by atoms with van der Waals surface area (Å²) in [6, 6.07) is 4.36. The fourth-order valence-corrected chi connectivity index (χ4v) is 4.18. The van der Waals surface area contributed by atoms with Crippen molar-refractivity contribution in [3.05, 3.63) is 33.8 Å². The average molecular weight is 558 g/mol. The van der Waals surface area contributed by atoms with E-state index in [1.807, 2.05) is 13.8 Å². The summed E-state index contributed by atoms with van der Waals surface area (Å²) in [5.41, 5.74) is -1.77. The van der Waals surface area contributed by atoms with Crippen molar-refractivity contribution in [3.63, 3.8) is 0 Å². The molecule has 1 aliphatic rings. The van der Waals surface area contributed by atoms with E-state index >= 15 is 0 Å². The number of hydrogen-bond acceptors (Lipinski definition) is 8. The van der Waals surface area contributed by atoms with Crippen LogP contribution in [0.4, 0.5) is 0 Å². The van der Waals surface area contributed by atoms with E-state index in [9.17, 15) is 24.0 Å². The van der Waals surface area contributed by atoms with Gasteiger partial charge in [0.15, 0.2) is 5.60 Å². The number of ether oxygens (including phenoxy) is 1. The van der Waals surface area contributed by atoms with Crippen LogP contribution in [0.5, 0.6) is 0 Å². The van der Waals surface area contributed by atoms with Gasteiger partial charge in [0.05, 0.1) is 43.0 Å². The molecule has 11 nitrogen and oxygen atoms in total. The Balaban J connectivity index is 2.21. The first kappa shape index (κ1) is 30.4. The Hall–Kier alpha value is -2.83. The van der Waals surface area contributed by atoms with Gasteiger partial charge in [-0.15, -0.1) is 0 Å². The van der Waals surface area contributed by atoms with Crippen LogP contribution >= 0.6 is 23.2 Å². The van der Waals surface area contributed by atoms with Crippen LogP contribution in [0.25, 0.3) is 0 Å². The SMILES string of the molecule is COC(=O)C[C@]1(C(=O)N(C)C)CC(=O)OB([C@H](CC(C)C)NC(=O)CNC(=O)c2cc(Cl)ccc2Cl)O1. The summed E-state index contributed by atoms with van der Waals surface area (Å²) in [5.74, 6) is -4.26. The van der Waals surface area contributed by atoms with Gasteiger partial charge in [0, 0.05) is 19.1 Å². The number of nitrogens with zero attached hydrogens (tertiary/aromatic N) is 1. The van der Waals surface area contributed by atoms with Crippen molar-refractivity contribution in [2.75, 3.05) is 27.7 Å². The number of amides is 3. The molecule has 2 atom stereocenters. The molecule has 202 valence electrons. The van der Waals surface area contributed by atoms with E-state index in [-0.39, 0.29) is 16.5 Å². The second kappa shape index (κ2) is 13.1. The normalized spacial score (nSPS) is 18.1. The maximum Gasteiger partial charge on any atom is 0.552 e. The molecule has 0 aromatic heterocycles. The first-order valence-electron chi connectivity index (χ1n) is 11.5. The number of carbonyl (C=O) groups excluding carboxylic acids is 5. The number of likely N-dealkylation sites (N-methyl/N-ethyl adjacent to an activating group) is 1. The van der Waals surface area contributed by atoms with E-state index in [1.165, 1.54) is 37.2 Å². The van der Waals surface area contributed by atoms with Gasteiger partial charge < -0.3 is 29.6 Å². The third-order valence-corrected chi connectivity index (χ3v) is 6.02. The zero-order chi connectivity index (χ0) is 27.9. The molecule has 0 radical (unpaired) electrons. The first-order chi connectivity index (χ1) is 17.3. The molecule has 1 saturated heterocycles. The molecule has 0 bridgehead atoms. The number of nitrogens with one attached hydrogen (secondary N) is 2. The number of hydrogen-bond donors (Lipinski definition) is 2. The molecule has 1 aromatic rings. The first-order valence-corrected chi connectivity index (χ1v) is 12.2. The van der Waals surface area contributed by atoms with Crippen molar-refractivity contribution in [2.45, 2.75) is 44.7 Å². The maximum atomic E-state index is 13.0. The van der Waals surface area contributed by atoms with Gasteiger partial charge in [-0.1, -0.05) is 37.0 Å². The van der Waals surface area contributed by atoms with E-state index in [4.69, 9.17) is 37.2 Å². The summed E-state index contributed by atoms with van der Waals surface area (Å²) in [5, 5.41) is 5.61. The molecule has 1 aromatic carbocycles. The molecule has 3 amide bonds. The minimum Gasteiger partial charge on any atom is -0.508 e. The fourth-order valence-electron chi connectivity index (χ4n) is 3.81. The van der Waals surface area contributed by atoms with Gasteiger partial charge in [-0.05, 0) is 30.5 Å². The molecule has 0 aliphatic carbocycles. The number of methoxy groups -OCH3 is 1. The Kier molecular flexibility index (Phi) is 10.8. The third-order valence-electron chi connectivity index (χ3n) is 5.46. The Labute approximate surface area is 225 Å². The van der Waals surface area contributed by atoms with Crippen LogP contribution in [0.1, 0.15) is 43.5 Å². The number of halogens is 2. The zero-order valence-corrected chi connectivity index (χ0v) is 22.8. The standard InChI is InChI=1S/C23H30BCl2N3O8/c1-13(2)8-17(28-18(30)12-27-21(33)15-9-14(25)6-7-16(15)26)24-36-20(32)11-23(37-24,10-19(31)35-5)22(34)29(3)4/h6-7,9,13,17H,8,10-12H2,1-5H3,(H,27,33)(H,28,30)/t17-,23+/m0/s1. The van der Waals surface area contributed by atoms with E-state index in [1.54, 1.807) is 0 Å². The Morgan fingerprint density at radius 2 is 1.89 bits per heavy atom. The highest BCUT2D eigenvalue weighted by molar-refractivity contribution is 6.50. The Morgan fingerprint density at radius 1 is 1.22 bits per heavy atom. The molecular weight excluding hydrogens is 528 g/mol. The Morgan fingerprint density at radius 3 is 2.49 bits per heavy atom. The number of esters is 1. The highest BCUT2D eigenvalue weighted by Gasteiger charge is 2.55. The lowest BCUT2D eigenvalue weighted by Crippen LogP contribution is -2.63. The zero-order valence-electron chi connectivity index (χ0n) is 21.3. The van der Waals surface area contributed by atoms with Gasteiger partial charge in [-0.2, -0.15) is 0 Å². The molecule has 37 heavy (non-hydrogen) atoms. The van der Waals surface area contributed by atoms with Crippen LogP contribution in [0, 0.1) is 5.92 Å². The number of carbonyl (C=O) groups is 5. The molecule has 1 heterocycles. The highest BCUT2D eigenvalue weighted by atomic mass is 35.5. The summed E-state index contributed by atoms with van der Waals surface area (Å²) >= 11 is 12.0. The molecule has 1 fully saturated rings. The Bertz CT molecular complexity index is 1050. The predicted molar refractivity (Wildman–Crippen MR) is 136 cm³/mol. The van der Waals surface area contributed by atoms with E-state index in [0.717, 1.165) is 7.11 Å². The van der Waals surface area contributed by atoms with Gasteiger partial charge in [0.25, 0.3) is 17.8 Å². The van der Waals surface area contributed by atoms with E-state index in [0.29, 0.717) is 11.4 Å². The lowest BCUT2D eigenvalue weighted by atomic mass is 9.70. The largest absolute Gasteiger partial charge is 0.552 e. The lowest BCUT2D eigenvalue weighted by Gasteiger charge is -2.40. The third kappa shape index (κ3) is 8.34. The minimum atomic E-state index is -1.87. The van der Waals surface area contributed by atoms with Crippen molar-refractivity contribution in [1.29, 1.82) is 0 Å². The van der Waals surface area contributed by atoms with Gasteiger partial charge >= 0.3 is 13.1 Å². The topological polar surface area (TPSA) is 140 Å². The summed E-state index contributed by atoms with van der Waals surface area (Å²) < 4.78 is 16.0. The van der Waals surface area contributed by atoms with Crippen molar-refractivity contribution in [1.82, 2.24) is 15.5 Å². The van der Waals surface area contributed by atoms with Crippen molar-refractivity contribution < 1.29 is 38.0 Å². The summed E-state index contributed by atoms with van der Waals surface area (Å²) in [6.07, 6.45) is -0.735. The second-order valence-electron chi connectivity index (χ2n) is 9.21. The number of benzene rings is 1. The minimum absolute atomic E-state index is 0.00828. The van der Waals surface area contributed by atoms with Gasteiger partial charge in [0.1, 0.15) is 0 Å². The van der Waals surface area contributed by atoms with Crippen LogP contribution in [0.15, 0.2) is 18.2 Å². The molecular formula is C23H30BCl2N3O8. The van der Waals surface area contributed by atoms with Crippen LogP contribution in [0.2, 0.25) is 10.0 Å². The maximum absolute atomic E-state index is 13.0. The van der Waals surface area contributed by atoms with Crippen molar-refractivity contribution in [3.8, 4) is 0 Å². The lowest BCUT2D eigenvalue weighted by molar-refractivity contribution is -0.170. The number of rotatable bonds is 10. The molecule has 2 rings (SSSR count). The van der Waals surface area contributed by atoms with Crippen LogP contribution in [0.3, 0.4) is 0 Å². The molecule has 0 spiro atoms. The molecule has 1 aliphatic heterocycles. The molecule has 0 unspecified atom stereocenters. The highest BCUT2D eigenvalue weighted by Crippen LogP contribution is 2.31. The second-order valence-corrected chi connectivity index (χ2v) is 10.1. The van der Waals surface area contributed by atoms with Gasteiger partial charge in [-0.3, -0.25) is 24.0 Å². The summed E-state index contributed by atoms with van der Waals surface area (Å²) in [7, 11) is 2.70. The fraction of sp³-hybridized carbons (Fsp3) is 0.522.